The van der Waals surface area contributed by atoms with Crippen LogP contribution in [-0.4, -0.2) is 63.3 Å². The van der Waals surface area contributed by atoms with E-state index in [-0.39, 0.29) is 18.6 Å². The van der Waals surface area contributed by atoms with E-state index in [0.29, 0.717) is 5.92 Å². The van der Waals surface area contributed by atoms with Crippen molar-refractivity contribution in [2.45, 2.75) is 25.4 Å². The second-order valence-corrected chi connectivity index (χ2v) is 5.48. The summed E-state index contributed by atoms with van der Waals surface area (Å²) in [5.41, 5.74) is 0. The number of carbonyl (C=O) groups excluding carboxylic acids is 1. The third kappa shape index (κ3) is 4.55. The van der Waals surface area contributed by atoms with Crippen LogP contribution in [0.2, 0.25) is 0 Å². The number of hydrogen-bond acceptors (Lipinski definition) is 4. The van der Waals surface area contributed by atoms with Crippen LogP contribution in [0.25, 0.3) is 0 Å². The monoisotopic (exact) mass is 255 g/mol. The van der Waals surface area contributed by atoms with E-state index in [0.717, 1.165) is 45.6 Å². The summed E-state index contributed by atoms with van der Waals surface area (Å²) in [7, 11) is 2.13. The summed E-state index contributed by atoms with van der Waals surface area (Å²) >= 11 is 0. The Morgan fingerprint density at radius 3 is 2.83 bits per heavy atom. The van der Waals surface area contributed by atoms with Crippen LogP contribution in [-0.2, 0) is 9.53 Å². The molecule has 2 fully saturated rings. The van der Waals surface area contributed by atoms with Crippen molar-refractivity contribution in [2.24, 2.45) is 5.92 Å². The Hall–Kier alpha value is -0.650. The summed E-state index contributed by atoms with van der Waals surface area (Å²) in [6, 6.07) is 0. The van der Waals surface area contributed by atoms with Gasteiger partial charge in [-0.3, -0.25) is 4.79 Å². The second-order valence-electron chi connectivity index (χ2n) is 5.48. The highest BCUT2D eigenvalue weighted by atomic mass is 16.5. The van der Waals surface area contributed by atoms with Gasteiger partial charge in [0.25, 0.3) is 0 Å². The number of rotatable bonds is 5. The normalized spacial score (nSPS) is 26.4. The molecule has 0 aromatic carbocycles. The molecule has 2 saturated heterocycles. The van der Waals surface area contributed by atoms with Crippen molar-refractivity contribution in [3.05, 3.63) is 0 Å². The number of amides is 1. The number of nitrogens with zero attached hydrogens (tertiary/aromatic N) is 1. The molecule has 2 rings (SSSR count). The first-order chi connectivity index (χ1) is 8.74. The van der Waals surface area contributed by atoms with E-state index in [2.05, 4.69) is 22.6 Å². The third-order valence-electron chi connectivity index (χ3n) is 3.81. The fourth-order valence-electron chi connectivity index (χ4n) is 2.66. The maximum Gasteiger partial charge on any atom is 0.246 e. The van der Waals surface area contributed by atoms with E-state index in [9.17, 15) is 4.79 Å². The van der Waals surface area contributed by atoms with Crippen LogP contribution >= 0.6 is 0 Å². The lowest BCUT2D eigenvalue weighted by molar-refractivity contribution is -0.128. The number of carbonyl (C=O) groups is 1. The molecule has 0 bridgehead atoms. The molecule has 18 heavy (non-hydrogen) atoms. The lowest BCUT2D eigenvalue weighted by Gasteiger charge is -2.22. The topological polar surface area (TPSA) is 53.6 Å². The molecular formula is C13H25N3O2. The molecular weight excluding hydrogens is 230 g/mol. The Bertz CT molecular complexity index is 256. The van der Waals surface area contributed by atoms with E-state index in [1.54, 1.807) is 0 Å². The number of ether oxygens (including phenoxy) is 1. The fourth-order valence-corrected chi connectivity index (χ4v) is 2.66. The molecule has 0 saturated carbocycles. The first-order valence-electron chi connectivity index (χ1n) is 7.01. The minimum atomic E-state index is 0.0306. The summed E-state index contributed by atoms with van der Waals surface area (Å²) in [4.78, 5) is 14.0. The van der Waals surface area contributed by atoms with Gasteiger partial charge in [-0.2, -0.15) is 0 Å². The molecule has 1 atom stereocenters. The first kappa shape index (κ1) is 13.8. The highest BCUT2D eigenvalue weighted by Gasteiger charge is 2.20. The van der Waals surface area contributed by atoms with Crippen molar-refractivity contribution >= 4 is 5.91 Å². The Kier molecular flexibility index (Phi) is 5.41. The lowest BCUT2D eigenvalue weighted by Crippen LogP contribution is -2.37. The second kappa shape index (κ2) is 7.07. The number of likely N-dealkylation sites (tertiary alicyclic amines) is 1. The first-order valence-corrected chi connectivity index (χ1v) is 7.01. The predicted octanol–water partition coefficient (Wildman–Crippen LogP) is -0.177. The van der Waals surface area contributed by atoms with Gasteiger partial charge >= 0.3 is 0 Å². The lowest BCUT2D eigenvalue weighted by atomic mass is 10.1. The van der Waals surface area contributed by atoms with Crippen molar-refractivity contribution in [3.8, 4) is 0 Å². The van der Waals surface area contributed by atoms with Gasteiger partial charge in [0.1, 0.15) is 6.61 Å². The minimum absolute atomic E-state index is 0.0306. The van der Waals surface area contributed by atoms with Gasteiger partial charge in [-0.05, 0) is 51.9 Å². The molecule has 2 heterocycles. The average Bonchev–Trinajstić information content (AvgIpc) is 2.81. The van der Waals surface area contributed by atoms with Gasteiger partial charge in [0.15, 0.2) is 0 Å². The molecule has 2 aliphatic rings. The van der Waals surface area contributed by atoms with Crippen molar-refractivity contribution in [3.63, 3.8) is 0 Å². The summed E-state index contributed by atoms with van der Waals surface area (Å²) in [5, 5.41) is 6.26. The van der Waals surface area contributed by atoms with Crippen molar-refractivity contribution in [1.82, 2.24) is 15.5 Å². The van der Waals surface area contributed by atoms with Crippen LogP contribution in [0.4, 0.5) is 0 Å². The van der Waals surface area contributed by atoms with E-state index in [1.165, 1.54) is 6.42 Å². The minimum Gasteiger partial charge on any atom is -0.368 e. The molecule has 2 aliphatic heterocycles. The maximum absolute atomic E-state index is 11.7. The third-order valence-corrected chi connectivity index (χ3v) is 3.81. The van der Waals surface area contributed by atoms with Crippen molar-refractivity contribution in [1.29, 1.82) is 0 Å². The van der Waals surface area contributed by atoms with Crippen LogP contribution in [0.5, 0.6) is 0 Å². The fraction of sp³-hybridized carbons (Fsp3) is 0.923. The van der Waals surface area contributed by atoms with Crippen LogP contribution in [0, 0.1) is 5.92 Å². The smallest absolute Gasteiger partial charge is 0.246 e. The largest absolute Gasteiger partial charge is 0.368 e. The van der Waals surface area contributed by atoms with Crippen molar-refractivity contribution < 1.29 is 9.53 Å². The van der Waals surface area contributed by atoms with E-state index in [4.69, 9.17) is 4.74 Å². The van der Waals surface area contributed by atoms with Crippen LogP contribution in [0.15, 0.2) is 0 Å². The van der Waals surface area contributed by atoms with Gasteiger partial charge in [-0.25, -0.2) is 0 Å². The Labute approximate surface area is 109 Å². The predicted molar refractivity (Wildman–Crippen MR) is 70.5 cm³/mol. The van der Waals surface area contributed by atoms with Crippen LogP contribution < -0.4 is 10.6 Å². The molecule has 1 unspecified atom stereocenters. The van der Waals surface area contributed by atoms with Gasteiger partial charge in [-0.15, -0.1) is 0 Å². The molecule has 5 heteroatoms. The van der Waals surface area contributed by atoms with Gasteiger partial charge in [-0.1, -0.05) is 0 Å². The molecule has 5 nitrogen and oxygen atoms in total. The summed E-state index contributed by atoms with van der Waals surface area (Å²) in [6.07, 6.45) is 3.47. The Balaban J connectivity index is 1.54. The van der Waals surface area contributed by atoms with Gasteiger partial charge in [0.05, 0.1) is 6.10 Å². The van der Waals surface area contributed by atoms with E-state index >= 15 is 0 Å². The zero-order chi connectivity index (χ0) is 12.8. The van der Waals surface area contributed by atoms with E-state index < -0.39 is 0 Å². The van der Waals surface area contributed by atoms with E-state index in [1.807, 2.05) is 0 Å². The SMILES string of the molecule is CN1CCC(CNC(=O)COC2CCNCC2)C1. The Morgan fingerprint density at radius 2 is 2.17 bits per heavy atom. The highest BCUT2D eigenvalue weighted by molar-refractivity contribution is 5.77. The summed E-state index contributed by atoms with van der Waals surface area (Å²) < 4.78 is 5.62. The molecule has 0 spiro atoms. The Morgan fingerprint density at radius 1 is 1.39 bits per heavy atom. The molecule has 0 aromatic rings. The maximum atomic E-state index is 11.7. The molecule has 1 amide bonds. The summed E-state index contributed by atoms with van der Waals surface area (Å²) in [6.45, 7) is 5.24. The molecule has 0 radical (unpaired) electrons. The standard InChI is InChI=1S/C13H25N3O2/c1-16-7-4-11(9-16)8-15-13(17)10-18-12-2-5-14-6-3-12/h11-12,14H,2-10H2,1H3,(H,15,17). The average molecular weight is 255 g/mol. The quantitative estimate of drug-likeness (QED) is 0.716. The zero-order valence-electron chi connectivity index (χ0n) is 11.3. The van der Waals surface area contributed by atoms with Gasteiger partial charge < -0.3 is 20.3 Å². The van der Waals surface area contributed by atoms with Gasteiger partial charge in [0, 0.05) is 13.1 Å². The molecule has 104 valence electrons. The molecule has 2 N–H and O–H groups in total. The number of piperidine rings is 1. The zero-order valence-corrected chi connectivity index (χ0v) is 11.3. The number of hydrogen-bond donors (Lipinski definition) is 2. The molecule has 0 aromatic heterocycles. The highest BCUT2D eigenvalue weighted by Crippen LogP contribution is 2.12. The number of nitrogens with one attached hydrogen (secondary N) is 2. The summed E-state index contributed by atoms with van der Waals surface area (Å²) in [5.74, 6) is 0.640. The van der Waals surface area contributed by atoms with Crippen LogP contribution in [0.3, 0.4) is 0 Å². The van der Waals surface area contributed by atoms with Crippen molar-refractivity contribution in [2.75, 3.05) is 46.4 Å². The van der Waals surface area contributed by atoms with Crippen LogP contribution in [0.1, 0.15) is 19.3 Å². The molecule has 0 aliphatic carbocycles. The van der Waals surface area contributed by atoms with Gasteiger partial charge in [0.2, 0.25) is 5.91 Å².